The molecule has 2 fully saturated rings. The van der Waals surface area contributed by atoms with Gasteiger partial charge in [0.2, 0.25) is 0 Å². The van der Waals surface area contributed by atoms with Crippen molar-refractivity contribution in [3.05, 3.63) is 16.3 Å². The van der Waals surface area contributed by atoms with Crippen molar-refractivity contribution in [1.82, 2.24) is 5.32 Å². The van der Waals surface area contributed by atoms with E-state index < -0.39 is 11.9 Å². The summed E-state index contributed by atoms with van der Waals surface area (Å²) in [6.07, 6.45) is 2.90. The van der Waals surface area contributed by atoms with E-state index in [9.17, 15) is 14.7 Å². The predicted molar refractivity (Wildman–Crippen MR) is 74.1 cm³/mol. The molecule has 1 amide bonds. The van der Waals surface area contributed by atoms with E-state index in [4.69, 9.17) is 4.74 Å². The van der Waals surface area contributed by atoms with Gasteiger partial charge in [0.05, 0.1) is 13.0 Å². The molecule has 2 aliphatic carbocycles. The molecule has 108 valence electrons. The summed E-state index contributed by atoms with van der Waals surface area (Å²) in [6.45, 7) is 0. The molecule has 3 rings (SSSR count). The average Bonchev–Trinajstić information content (AvgIpc) is 3.12. The summed E-state index contributed by atoms with van der Waals surface area (Å²) in [6, 6.07) is 1.50. The Bertz CT molecular complexity index is 541. The molecule has 1 aromatic heterocycles. The third-order valence-corrected chi connectivity index (χ3v) is 5.45. The Hall–Kier alpha value is -1.56. The third-order valence-electron chi connectivity index (χ3n) is 4.55. The van der Waals surface area contributed by atoms with Crippen molar-refractivity contribution >= 4 is 23.2 Å². The standard InChI is InChI=1S/C14H17NO4S/c1-19-9-4-5-20-12(9)13(16)15-11-8-3-2-7(6-8)10(11)14(17)18/h4-5,7-8,10-11H,2-3,6H2,1H3,(H,15,16)(H,17,18). The molecule has 0 saturated heterocycles. The maximum absolute atomic E-state index is 12.3. The van der Waals surface area contributed by atoms with E-state index >= 15 is 0 Å². The zero-order valence-corrected chi connectivity index (χ0v) is 12.0. The van der Waals surface area contributed by atoms with Gasteiger partial charge in [0.15, 0.2) is 0 Å². The molecule has 2 aliphatic rings. The van der Waals surface area contributed by atoms with Crippen LogP contribution in [0.2, 0.25) is 0 Å². The highest BCUT2D eigenvalue weighted by atomic mass is 32.1. The number of ether oxygens (including phenoxy) is 1. The quantitative estimate of drug-likeness (QED) is 0.890. The second-order valence-electron chi connectivity index (χ2n) is 5.51. The summed E-state index contributed by atoms with van der Waals surface area (Å²) in [5.74, 6) is -0.392. The van der Waals surface area contributed by atoms with Crippen LogP contribution in [0.25, 0.3) is 0 Å². The van der Waals surface area contributed by atoms with Crippen LogP contribution < -0.4 is 10.1 Å². The Morgan fingerprint density at radius 3 is 2.85 bits per heavy atom. The van der Waals surface area contributed by atoms with Crippen molar-refractivity contribution in [1.29, 1.82) is 0 Å². The summed E-state index contributed by atoms with van der Waals surface area (Å²) in [7, 11) is 1.52. The molecule has 0 spiro atoms. The number of carbonyl (C=O) groups is 2. The summed E-state index contributed by atoms with van der Waals surface area (Å²) >= 11 is 1.31. The van der Waals surface area contributed by atoms with E-state index in [-0.39, 0.29) is 17.9 Å². The topological polar surface area (TPSA) is 75.6 Å². The second kappa shape index (κ2) is 5.09. The Morgan fingerprint density at radius 2 is 2.15 bits per heavy atom. The van der Waals surface area contributed by atoms with E-state index in [1.54, 1.807) is 11.4 Å². The first-order valence-corrected chi connectivity index (χ1v) is 7.65. The van der Waals surface area contributed by atoms with Crippen LogP contribution in [-0.2, 0) is 4.79 Å². The molecule has 1 aromatic rings. The Balaban J connectivity index is 1.77. The molecule has 5 nitrogen and oxygen atoms in total. The van der Waals surface area contributed by atoms with Gasteiger partial charge in [-0.15, -0.1) is 11.3 Å². The number of amides is 1. The van der Waals surface area contributed by atoms with Crippen molar-refractivity contribution in [3.63, 3.8) is 0 Å². The van der Waals surface area contributed by atoms with Crippen LogP contribution in [0.15, 0.2) is 11.4 Å². The molecule has 1 heterocycles. The van der Waals surface area contributed by atoms with Gasteiger partial charge < -0.3 is 15.2 Å². The Labute approximate surface area is 120 Å². The van der Waals surface area contributed by atoms with Crippen molar-refractivity contribution in [2.24, 2.45) is 17.8 Å². The molecular formula is C14H17NO4S. The summed E-state index contributed by atoms with van der Waals surface area (Å²) < 4.78 is 5.14. The third kappa shape index (κ3) is 2.08. The molecule has 2 saturated carbocycles. The lowest BCUT2D eigenvalue weighted by molar-refractivity contribution is -0.144. The van der Waals surface area contributed by atoms with Crippen LogP contribution >= 0.6 is 11.3 Å². The highest BCUT2D eigenvalue weighted by Gasteiger charge is 2.51. The second-order valence-corrected chi connectivity index (χ2v) is 6.43. The lowest BCUT2D eigenvalue weighted by Gasteiger charge is -2.28. The van der Waals surface area contributed by atoms with Gasteiger partial charge in [-0.1, -0.05) is 0 Å². The van der Waals surface area contributed by atoms with Gasteiger partial charge in [0, 0.05) is 6.04 Å². The van der Waals surface area contributed by atoms with Gasteiger partial charge >= 0.3 is 5.97 Å². The average molecular weight is 295 g/mol. The molecule has 20 heavy (non-hydrogen) atoms. The van der Waals surface area contributed by atoms with Gasteiger partial charge in [-0.25, -0.2) is 0 Å². The van der Waals surface area contributed by atoms with Gasteiger partial charge in [-0.3, -0.25) is 9.59 Å². The molecule has 0 radical (unpaired) electrons. The monoisotopic (exact) mass is 295 g/mol. The minimum absolute atomic E-state index is 0.216. The highest BCUT2D eigenvalue weighted by Crippen LogP contribution is 2.48. The first-order chi connectivity index (χ1) is 9.61. The number of carboxylic acid groups (broad SMARTS) is 1. The predicted octanol–water partition coefficient (Wildman–Crippen LogP) is 1.99. The lowest BCUT2D eigenvalue weighted by Crippen LogP contribution is -2.46. The Morgan fingerprint density at radius 1 is 1.40 bits per heavy atom. The van der Waals surface area contributed by atoms with Crippen LogP contribution in [0.1, 0.15) is 28.9 Å². The van der Waals surface area contributed by atoms with Gasteiger partial charge in [-0.05, 0) is 42.5 Å². The molecular weight excluding hydrogens is 278 g/mol. The van der Waals surface area contributed by atoms with E-state index in [1.165, 1.54) is 18.4 Å². The number of fused-ring (bicyclic) bond motifs is 2. The van der Waals surface area contributed by atoms with Crippen LogP contribution in [0.4, 0.5) is 0 Å². The summed E-state index contributed by atoms with van der Waals surface area (Å²) in [4.78, 5) is 24.2. The van der Waals surface area contributed by atoms with Gasteiger partial charge in [0.25, 0.3) is 5.91 Å². The minimum atomic E-state index is -0.791. The molecule has 6 heteroatoms. The number of carbonyl (C=O) groups excluding carboxylic acids is 1. The number of nitrogens with one attached hydrogen (secondary N) is 1. The van der Waals surface area contributed by atoms with Crippen LogP contribution in [0.3, 0.4) is 0 Å². The maximum Gasteiger partial charge on any atom is 0.308 e. The van der Waals surface area contributed by atoms with E-state index in [0.717, 1.165) is 19.3 Å². The molecule has 4 unspecified atom stereocenters. The zero-order chi connectivity index (χ0) is 14.3. The molecule has 0 aromatic carbocycles. The summed E-state index contributed by atoms with van der Waals surface area (Å²) in [5, 5.41) is 14.1. The van der Waals surface area contributed by atoms with Crippen LogP contribution in [-0.4, -0.2) is 30.1 Å². The summed E-state index contributed by atoms with van der Waals surface area (Å²) in [5.41, 5.74) is 0. The van der Waals surface area contributed by atoms with Crippen molar-refractivity contribution in [3.8, 4) is 5.75 Å². The SMILES string of the molecule is COc1ccsc1C(=O)NC1C2CCC(C2)C1C(=O)O. The smallest absolute Gasteiger partial charge is 0.308 e. The highest BCUT2D eigenvalue weighted by molar-refractivity contribution is 7.12. The van der Waals surface area contributed by atoms with Gasteiger partial charge in [-0.2, -0.15) is 0 Å². The van der Waals surface area contributed by atoms with Gasteiger partial charge in [0.1, 0.15) is 10.6 Å². The van der Waals surface area contributed by atoms with Crippen molar-refractivity contribution < 1.29 is 19.4 Å². The number of methoxy groups -OCH3 is 1. The number of rotatable bonds is 4. The van der Waals surface area contributed by atoms with E-state index in [1.807, 2.05) is 0 Å². The first-order valence-electron chi connectivity index (χ1n) is 6.77. The van der Waals surface area contributed by atoms with Crippen LogP contribution in [0.5, 0.6) is 5.75 Å². The first kappa shape index (κ1) is 13.4. The minimum Gasteiger partial charge on any atom is -0.495 e. The number of carboxylic acids is 1. The fourth-order valence-electron chi connectivity index (χ4n) is 3.70. The fraction of sp³-hybridized carbons (Fsp3) is 0.571. The largest absolute Gasteiger partial charge is 0.495 e. The molecule has 2 bridgehead atoms. The van der Waals surface area contributed by atoms with E-state index in [2.05, 4.69) is 5.32 Å². The fourth-order valence-corrected chi connectivity index (χ4v) is 4.46. The number of hydrogen-bond donors (Lipinski definition) is 2. The normalized spacial score (nSPS) is 31.2. The molecule has 0 aliphatic heterocycles. The number of thiophene rings is 1. The number of hydrogen-bond acceptors (Lipinski definition) is 4. The van der Waals surface area contributed by atoms with Crippen LogP contribution in [0, 0.1) is 17.8 Å². The molecule has 4 atom stereocenters. The number of aliphatic carboxylic acids is 1. The van der Waals surface area contributed by atoms with Crippen molar-refractivity contribution in [2.45, 2.75) is 25.3 Å². The van der Waals surface area contributed by atoms with Crippen molar-refractivity contribution in [2.75, 3.05) is 7.11 Å². The molecule has 2 N–H and O–H groups in total. The Kier molecular flexibility index (Phi) is 3.41. The van der Waals surface area contributed by atoms with E-state index in [0.29, 0.717) is 16.5 Å². The maximum atomic E-state index is 12.3. The lowest BCUT2D eigenvalue weighted by atomic mass is 9.84. The zero-order valence-electron chi connectivity index (χ0n) is 11.2.